The summed E-state index contributed by atoms with van der Waals surface area (Å²) in [5, 5.41) is 3.14. The summed E-state index contributed by atoms with van der Waals surface area (Å²) >= 11 is 1.21. The number of aryl methyl sites for hydroxylation is 1. The van der Waals surface area contributed by atoms with Gasteiger partial charge in [-0.05, 0) is 31.4 Å². The van der Waals surface area contributed by atoms with Crippen LogP contribution in [-0.4, -0.2) is 32.4 Å². The molecule has 0 fully saturated rings. The van der Waals surface area contributed by atoms with Crippen molar-refractivity contribution in [2.45, 2.75) is 31.9 Å². The maximum absolute atomic E-state index is 12.3. The van der Waals surface area contributed by atoms with Crippen LogP contribution < -0.4 is 5.32 Å². The van der Waals surface area contributed by atoms with E-state index in [1.54, 1.807) is 6.92 Å². The van der Waals surface area contributed by atoms with Gasteiger partial charge < -0.3 is 4.42 Å². The van der Waals surface area contributed by atoms with Crippen molar-refractivity contribution in [1.29, 1.82) is 0 Å². The molecule has 138 valence electrons. The van der Waals surface area contributed by atoms with Crippen LogP contribution in [-0.2, 0) is 11.2 Å². The first-order valence-corrected chi connectivity index (χ1v) is 9.67. The van der Waals surface area contributed by atoms with Crippen LogP contribution in [0, 0.1) is 12.8 Å². The van der Waals surface area contributed by atoms with Crippen LogP contribution in [0.4, 0.5) is 5.95 Å². The van der Waals surface area contributed by atoms with Gasteiger partial charge in [0.25, 0.3) is 5.22 Å². The molecule has 1 atom stereocenters. The van der Waals surface area contributed by atoms with Crippen molar-refractivity contribution in [3.8, 4) is 0 Å². The SMILES string of the molecule is Cc1nc(NC(=O)CSc2nc3ccccc3o2)nc2c1C(=O)CC(C)C2. The average molecular weight is 382 g/mol. The normalized spacial score (nSPS) is 16.4. The van der Waals surface area contributed by atoms with E-state index in [0.29, 0.717) is 40.6 Å². The molecule has 0 aliphatic heterocycles. The molecule has 0 saturated heterocycles. The van der Waals surface area contributed by atoms with E-state index in [1.807, 2.05) is 31.2 Å². The van der Waals surface area contributed by atoms with Crippen molar-refractivity contribution in [2.24, 2.45) is 5.92 Å². The molecule has 27 heavy (non-hydrogen) atoms. The van der Waals surface area contributed by atoms with Crippen LogP contribution in [0.3, 0.4) is 0 Å². The van der Waals surface area contributed by atoms with E-state index in [4.69, 9.17) is 4.42 Å². The smallest absolute Gasteiger partial charge is 0.257 e. The number of para-hydroxylation sites is 2. The monoisotopic (exact) mass is 382 g/mol. The second-order valence-electron chi connectivity index (χ2n) is 6.68. The number of anilines is 1. The average Bonchev–Trinajstić information content (AvgIpc) is 3.02. The molecule has 0 saturated carbocycles. The van der Waals surface area contributed by atoms with E-state index in [-0.39, 0.29) is 29.3 Å². The van der Waals surface area contributed by atoms with Crippen LogP contribution in [0.2, 0.25) is 0 Å². The Labute approximate surface area is 160 Å². The number of fused-ring (bicyclic) bond motifs is 2. The standard InChI is InChI=1S/C19H18N4O3S/c1-10-7-13-17(14(24)8-10)11(2)20-18(21-13)23-16(25)9-27-19-22-12-5-3-4-6-15(12)26-19/h3-6,10H,7-9H2,1-2H3,(H,20,21,23,25). The molecule has 8 heteroatoms. The number of aromatic nitrogens is 3. The van der Waals surface area contributed by atoms with E-state index in [2.05, 4.69) is 20.3 Å². The highest BCUT2D eigenvalue weighted by Gasteiger charge is 2.26. The molecule has 3 aromatic rings. The van der Waals surface area contributed by atoms with Gasteiger partial charge in [-0.15, -0.1) is 0 Å². The van der Waals surface area contributed by atoms with Gasteiger partial charge in [-0.1, -0.05) is 30.8 Å². The molecular formula is C19H18N4O3S. The first-order chi connectivity index (χ1) is 13.0. The Morgan fingerprint density at radius 2 is 2.07 bits per heavy atom. The number of hydrogen-bond acceptors (Lipinski definition) is 7. The third-order valence-corrected chi connectivity index (χ3v) is 5.20. The minimum atomic E-state index is -0.253. The van der Waals surface area contributed by atoms with Gasteiger partial charge in [-0.25, -0.2) is 15.0 Å². The fourth-order valence-electron chi connectivity index (χ4n) is 3.22. The highest BCUT2D eigenvalue weighted by molar-refractivity contribution is 7.99. The van der Waals surface area contributed by atoms with E-state index >= 15 is 0 Å². The molecule has 0 bridgehead atoms. The predicted molar refractivity (Wildman–Crippen MR) is 102 cm³/mol. The number of carbonyl (C=O) groups excluding carboxylic acids is 2. The second-order valence-corrected chi connectivity index (χ2v) is 7.60. The van der Waals surface area contributed by atoms with E-state index in [9.17, 15) is 9.59 Å². The van der Waals surface area contributed by atoms with Crippen LogP contribution in [0.1, 0.15) is 35.1 Å². The maximum atomic E-state index is 12.3. The number of carbonyl (C=O) groups is 2. The number of Topliss-reactive ketones (excluding diaryl/α,β-unsaturated/α-hetero) is 1. The van der Waals surface area contributed by atoms with E-state index in [0.717, 1.165) is 5.52 Å². The van der Waals surface area contributed by atoms with Gasteiger partial charge >= 0.3 is 0 Å². The minimum absolute atomic E-state index is 0.0747. The van der Waals surface area contributed by atoms with Crippen molar-refractivity contribution in [1.82, 2.24) is 15.0 Å². The lowest BCUT2D eigenvalue weighted by Gasteiger charge is -2.21. The summed E-state index contributed by atoms with van der Waals surface area (Å²) in [7, 11) is 0. The van der Waals surface area contributed by atoms with Gasteiger partial charge in [-0.3, -0.25) is 14.9 Å². The summed E-state index contributed by atoms with van der Waals surface area (Å²) in [6.07, 6.45) is 1.23. The Kier molecular flexibility index (Phi) is 4.65. The topological polar surface area (TPSA) is 98.0 Å². The zero-order valence-electron chi connectivity index (χ0n) is 15.0. The molecule has 1 unspecified atom stereocenters. The number of hydrogen-bond donors (Lipinski definition) is 1. The molecular weight excluding hydrogens is 364 g/mol. The quantitative estimate of drug-likeness (QED) is 0.690. The number of amides is 1. The van der Waals surface area contributed by atoms with E-state index < -0.39 is 0 Å². The van der Waals surface area contributed by atoms with Crippen LogP contribution in [0.5, 0.6) is 0 Å². The highest BCUT2D eigenvalue weighted by atomic mass is 32.2. The van der Waals surface area contributed by atoms with Gasteiger partial charge in [-0.2, -0.15) is 0 Å². The number of rotatable bonds is 4. The molecule has 2 aromatic heterocycles. The molecule has 1 amide bonds. The van der Waals surface area contributed by atoms with Crippen molar-refractivity contribution < 1.29 is 14.0 Å². The summed E-state index contributed by atoms with van der Waals surface area (Å²) in [5.74, 6) is 0.429. The highest BCUT2D eigenvalue weighted by Crippen LogP contribution is 2.27. The largest absolute Gasteiger partial charge is 0.431 e. The van der Waals surface area contributed by atoms with Gasteiger partial charge in [0.1, 0.15) is 5.52 Å². The number of oxazole rings is 1. The van der Waals surface area contributed by atoms with Crippen molar-refractivity contribution in [2.75, 3.05) is 11.1 Å². The van der Waals surface area contributed by atoms with Crippen molar-refractivity contribution in [3.63, 3.8) is 0 Å². The fourth-order valence-corrected chi connectivity index (χ4v) is 3.86. The minimum Gasteiger partial charge on any atom is -0.431 e. The Morgan fingerprint density at radius 1 is 1.26 bits per heavy atom. The first kappa shape index (κ1) is 17.7. The Morgan fingerprint density at radius 3 is 2.89 bits per heavy atom. The third kappa shape index (κ3) is 3.71. The Balaban J connectivity index is 1.44. The number of thioether (sulfide) groups is 1. The lowest BCUT2D eigenvalue weighted by molar-refractivity contribution is -0.113. The lowest BCUT2D eigenvalue weighted by Crippen LogP contribution is -2.24. The molecule has 1 aromatic carbocycles. The summed E-state index contributed by atoms with van der Waals surface area (Å²) in [6, 6.07) is 7.44. The Bertz CT molecular complexity index is 1010. The van der Waals surface area contributed by atoms with Gasteiger partial charge in [0.15, 0.2) is 11.4 Å². The summed E-state index contributed by atoms with van der Waals surface area (Å²) in [5.41, 5.74) is 3.37. The molecule has 7 nitrogen and oxygen atoms in total. The molecule has 1 aliphatic rings. The molecule has 0 spiro atoms. The molecule has 4 rings (SSSR count). The summed E-state index contributed by atoms with van der Waals surface area (Å²) in [6.45, 7) is 3.80. The number of ketones is 1. The fraction of sp³-hybridized carbons (Fsp3) is 0.316. The zero-order valence-corrected chi connectivity index (χ0v) is 15.8. The molecule has 2 heterocycles. The van der Waals surface area contributed by atoms with Crippen LogP contribution in [0.15, 0.2) is 33.9 Å². The lowest BCUT2D eigenvalue weighted by atomic mass is 9.86. The number of nitrogens with zero attached hydrogens (tertiary/aromatic N) is 3. The third-order valence-electron chi connectivity index (χ3n) is 4.37. The zero-order chi connectivity index (χ0) is 19.0. The van der Waals surface area contributed by atoms with Crippen LogP contribution >= 0.6 is 11.8 Å². The summed E-state index contributed by atoms with van der Waals surface area (Å²) in [4.78, 5) is 37.5. The number of nitrogens with one attached hydrogen (secondary N) is 1. The summed E-state index contributed by atoms with van der Waals surface area (Å²) < 4.78 is 5.59. The molecule has 1 aliphatic carbocycles. The number of benzene rings is 1. The van der Waals surface area contributed by atoms with Gasteiger partial charge in [0.2, 0.25) is 11.9 Å². The maximum Gasteiger partial charge on any atom is 0.257 e. The van der Waals surface area contributed by atoms with E-state index in [1.165, 1.54) is 11.8 Å². The Hall–Kier alpha value is -2.74. The van der Waals surface area contributed by atoms with Crippen LogP contribution in [0.25, 0.3) is 11.1 Å². The molecule has 0 radical (unpaired) electrons. The van der Waals surface area contributed by atoms with Crippen molar-refractivity contribution >= 4 is 40.5 Å². The van der Waals surface area contributed by atoms with Crippen molar-refractivity contribution in [3.05, 3.63) is 41.2 Å². The van der Waals surface area contributed by atoms with Gasteiger partial charge in [0, 0.05) is 6.42 Å². The molecule has 1 N–H and O–H groups in total. The first-order valence-electron chi connectivity index (χ1n) is 8.68. The predicted octanol–water partition coefficient (Wildman–Crippen LogP) is 3.42. The second kappa shape index (κ2) is 7.11. The van der Waals surface area contributed by atoms with Gasteiger partial charge in [0.05, 0.1) is 22.7 Å².